The van der Waals surface area contributed by atoms with Gasteiger partial charge < -0.3 is 10.6 Å². The minimum absolute atomic E-state index is 0.260. The van der Waals surface area contributed by atoms with Gasteiger partial charge in [0.2, 0.25) is 11.8 Å². The number of rotatable bonds is 4. The summed E-state index contributed by atoms with van der Waals surface area (Å²) in [5.74, 6) is -1.85. The van der Waals surface area contributed by atoms with Gasteiger partial charge >= 0.3 is 0 Å². The second-order valence-corrected chi connectivity index (χ2v) is 7.85. The Bertz CT molecular complexity index is 946. The Morgan fingerprint density at radius 1 is 1.26 bits per heavy atom. The molecule has 0 unspecified atom stereocenters. The fourth-order valence-electron chi connectivity index (χ4n) is 2.67. The molecule has 0 fully saturated rings. The van der Waals surface area contributed by atoms with Crippen molar-refractivity contribution in [1.29, 1.82) is 15.8 Å². The zero-order chi connectivity index (χ0) is 20.2. The molecule has 2 N–H and O–H groups in total. The molecule has 2 rings (SSSR count). The Balaban J connectivity index is 2.25. The average Bonchev–Trinajstić information content (AvgIpc) is 2.61. The number of nitrogens with one attached hydrogen (secondary N) is 2. The van der Waals surface area contributed by atoms with Crippen molar-refractivity contribution in [3.8, 4) is 18.2 Å². The number of nitrogens with zero attached hydrogens (tertiary/aromatic N) is 3. The molecule has 0 radical (unpaired) electrons. The van der Waals surface area contributed by atoms with Crippen molar-refractivity contribution in [3.63, 3.8) is 0 Å². The van der Waals surface area contributed by atoms with Crippen LogP contribution in [0.25, 0.3) is 0 Å². The van der Waals surface area contributed by atoms with E-state index in [9.17, 15) is 20.1 Å². The lowest BCUT2D eigenvalue weighted by molar-refractivity contribution is -0.125. The van der Waals surface area contributed by atoms with Crippen LogP contribution < -0.4 is 10.6 Å². The summed E-state index contributed by atoms with van der Waals surface area (Å²) in [7, 11) is 0. The SMILES string of the molecule is C[C@H](SC1=C(C#N)C(C)(C)[C@H](C#N)C(=O)N1)C(=O)Nc1ccccc1C#N. The largest absolute Gasteiger partial charge is 0.324 e. The van der Waals surface area contributed by atoms with E-state index in [0.29, 0.717) is 11.3 Å². The molecule has 0 bridgehead atoms. The van der Waals surface area contributed by atoms with Crippen LogP contribution in [0.3, 0.4) is 0 Å². The molecule has 0 spiro atoms. The molecule has 2 atom stereocenters. The molecule has 1 aromatic carbocycles. The van der Waals surface area contributed by atoms with Gasteiger partial charge in [0.1, 0.15) is 12.0 Å². The van der Waals surface area contributed by atoms with Crippen LogP contribution in [-0.2, 0) is 9.59 Å². The Morgan fingerprint density at radius 2 is 1.93 bits per heavy atom. The van der Waals surface area contributed by atoms with Crippen LogP contribution in [0.5, 0.6) is 0 Å². The number of nitriles is 3. The second kappa shape index (κ2) is 7.95. The number of carbonyl (C=O) groups is 2. The second-order valence-electron chi connectivity index (χ2n) is 6.50. The van der Waals surface area contributed by atoms with E-state index in [1.807, 2.05) is 12.1 Å². The summed E-state index contributed by atoms with van der Waals surface area (Å²) in [6, 6.07) is 12.6. The van der Waals surface area contributed by atoms with E-state index in [1.54, 1.807) is 45.0 Å². The predicted octanol–water partition coefficient (Wildman–Crippen LogP) is 2.65. The minimum atomic E-state index is -0.983. The molecule has 0 aromatic heterocycles. The molecule has 1 heterocycles. The number of carbonyl (C=O) groups excluding carboxylic acids is 2. The molecule has 1 aliphatic heterocycles. The maximum Gasteiger partial charge on any atom is 0.243 e. The highest BCUT2D eigenvalue weighted by Crippen LogP contribution is 2.42. The monoisotopic (exact) mass is 379 g/mol. The summed E-state index contributed by atoms with van der Waals surface area (Å²) in [4.78, 5) is 24.7. The van der Waals surface area contributed by atoms with Gasteiger partial charge in [-0.2, -0.15) is 15.8 Å². The van der Waals surface area contributed by atoms with Crippen molar-refractivity contribution >= 4 is 29.3 Å². The number of benzene rings is 1. The fourth-order valence-corrected chi connectivity index (χ4v) is 3.77. The third kappa shape index (κ3) is 3.95. The zero-order valence-corrected chi connectivity index (χ0v) is 15.8. The molecular weight excluding hydrogens is 362 g/mol. The van der Waals surface area contributed by atoms with E-state index < -0.39 is 22.5 Å². The molecule has 2 amide bonds. The quantitative estimate of drug-likeness (QED) is 0.827. The highest BCUT2D eigenvalue weighted by molar-refractivity contribution is 8.04. The maximum atomic E-state index is 12.5. The van der Waals surface area contributed by atoms with Gasteiger partial charge in [0.05, 0.1) is 39.2 Å². The van der Waals surface area contributed by atoms with Crippen LogP contribution in [0.1, 0.15) is 26.3 Å². The highest BCUT2D eigenvalue weighted by atomic mass is 32.2. The van der Waals surface area contributed by atoms with Gasteiger partial charge in [-0.25, -0.2) is 0 Å². The molecule has 136 valence electrons. The van der Waals surface area contributed by atoms with Crippen molar-refractivity contribution in [2.24, 2.45) is 11.3 Å². The van der Waals surface area contributed by atoms with Gasteiger partial charge in [-0.1, -0.05) is 37.7 Å². The first-order valence-electron chi connectivity index (χ1n) is 8.08. The molecule has 0 saturated heterocycles. The molecular formula is C19H17N5O2S. The number of hydrogen-bond donors (Lipinski definition) is 2. The zero-order valence-electron chi connectivity index (χ0n) is 15.0. The van der Waals surface area contributed by atoms with Gasteiger partial charge in [0.15, 0.2) is 0 Å². The smallest absolute Gasteiger partial charge is 0.243 e. The Kier molecular flexibility index (Phi) is 5.90. The van der Waals surface area contributed by atoms with E-state index in [4.69, 9.17) is 5.26 Å². The number of allylic oxidation sites excluding steroid dienone is 1. The number of para-hydroxylation sites is 1. The van der Waals surface area contributed by atoms with Crippen LogP contribution in [0.15, 0.2) is 34.9 Å². The van der Waals surface area contributed by atoms with Crippen molar-refractivity contribution in [3.05, 3.63) is 40.4 Å². The van der Waals surface area contributed by atoms with Gasteiger partial charge in [-0.05, 0) is 19.1 Å². The molecule has 8 heteroatoms. The molecule has 1 aromatic rings. The number of anilines is 1. The average molecular weight is 379 g/mol. The lowest BCUT2D eigenvalue weighted by atomic mass is 9.72. The lowest BCUT2D eigenvalue weighted by Crippen LogP contribution is -2.45. The van der Waals surface area contributed by atoms with Crippen LogP contribution in [0, 0.1) is 45.3 Å². The molecule has 0 saturated carbocycles. The van der Waals surface area contributed by atoms with E-state index in [0.717, 1.165) is 11.8 Å². The van der Waals surface area contributed by atoms with Crippen molar-refractivity contribution < 1.29 is 9.59 Å². The van der Waals surface area contributed by atoms with Crippen LogP contribution in [-0.4, -0.2) is 17.1 Å². The Labute approximate surface area is 161 Å². The van der Waals surface area contributed by atoms with Gasteiger partial charge in [0.25, 0.3) is 0 Å². The first-order chi connectivity index (χ1) is 12.8. The summed E-state index contributed by atoms with van der Waals surface area (Å²) >= 11 is 1.03. The normalized spacial score (nSPS) is 19.1. The maximum absolute atomic E-state index is 12.5. The molecule has 1 aliphatic rings. The van der Waals surface area contributed by atoms with Gasteiger partial charge in [0, 0.05) is 5.41 Å². The fraction of sp³-hybridized carbons (Fsp3) is 0.316. The van der Waals surface area contributed by atoms with Crippen LogP contribution in [0.2, 0.25) is 0 Å². The Morgan fingerprint density at radius 3 is 2.52 bits per heavy atom. The summed E-state index contributed by atoms with van der Waals surface area (Å²) < 4.78 is 0. The van der Waals surface area contributed by atoms with Crippen molar-refractivity contribution in [2.45, 2.75) is 26.0 Å². The topological polar surface area (TPSA) is 130 Å². The highest BCUT2D eigenvalue weighted by Gasteiger charge is 2.45. The van der Waals surface area contributed by atoms with Crippen LogP contribution in [0.4, 0.5) is 5.69 Å². The molecule has 27 heavy (non-hydrogen) atoms. The Hall–Kier alpha value is -3.28. The standard InChI is InChI=1S/C19H17N5O2S/c1-11(16(25)23-15-7-5-4-6-12(15)8-20)27-18-14(10-22)19(2,3)13(9-21)17(26)24-18/h4-7,11,13H,1-3H3,(H,23,25)(H,24,26)/t11-,13+/m0/s1. The molecule has 0 aliphatic carbocycles. The van der Waals surface area contributed by atoms with E-state index in [1.165, 1.54) is 0 Å². The number of amides is 2. The first kappa shape index (κ1) is 20.0. The van der Waals surface area contributed by atoms with Crippen molar-refractivity contribution in [1.82, 2.24) is 5.32 Å². The minimum Gasteiger partial charge on any atom is -0.324 e. The lowest BCUT2D eigenvalue weighted by Gasteiger charge is -2.35. The summed E-state index contributed by atoms with van der Waals surface area (Å²) in [6.07, 6.45) is 0. The third-order valence-electron chi connectivity index (χ3n) is 4.30. The third-order valence-corrected chi connectivity index (χ3v) is 5.41. The number of hydrogen-bond acceptors (Lipinski definition) is 6. The predicted molar refractivity (Wildman–Crippen MR) is 101 cm³/mol. The van der Waals surface area contributed by atoms with Crippen molar-refractivity contribution in [2.75, 3.05) is 5.32 Å². The summed E-state index contributed by atoms with van der Waals surface area (Å²) in [6.45, 7) is 4.95. The van der Waals surface area contributed by atoms with E-state index in [-0.39, 0.29) is 16.5 Å². The summed E-state index contributed by atoms with van der Waals surface area (Å²) in [5, 5.41) is 32.8. The van der Waals surface area contributed by atoms with E-state index >= 15 is 0 Å². The van der Waals surface area contributed by atoms with Gasteiger partial charge in [-0.15, -0.1) is 0 Å². The van der Waals surface area contributed by atoms with Crippen LogP contribution >= 0.6 is 11.8 Å². The molecule has 7 nitrogen and oxygen atoms in total. The summed E-state index contributed by atoms with van der Waals surface area (Å²) in [5.41, 5.74) is 0.0294. The van der Waals surface area contributed by atoms with E-state index in [2.05, 4.69) is 16.7 Å². The number of thioether (sulfide) groups is 1. The van der Waals surface area contributed by atoms with Gasteiger partial charge in [-0.3, -0.25) is 9.59 Å². The first-order valence-corrected chi connectivity index (χ1v) is 8.96.